The van der Waals surface area contributed by atoms with Crippen LogP contribution in [-0.2, 0) is 6.54 Å². The van der Waals surface area contributed by atoms with Crippen LogP contribution in [-0.4, -0.2) is 42.0 Å². The van der Waals surface area contributed by atoms with Crippen LogP contribution in [0.15, 0.2) is 70.9 Å². The van der Waals surface area contributed by atoms with Crippen LogP contribution in [0.1, 0.15) is 21.5 Å². The summed E-state index contributed by atoms with van der Waals surface area (Å²) in [5, 5.41) is 10.6. The second-order valence-electron chi connectivity index (χ2n) is 8.17. The molecule has 0 atom stereocenters. The van der Waals surface area contributed by atoms with Gasteiger partial charge in [0.2, 0.25) is 5.78 Å². The lowest BCUT2D eigenvalue weighted by molar-refractivity contribution is 0.101. The molecule has 2 aliphatic rings. The van der Waals surface area contributed by atoms with Crippen molar-refractivity contribution in [2.75, 3.05) is 31.1 Å². The summed E-state index contributed by atoms with van der Waals surface area (Å²) in [5.41, 5.74) is 2.94. The van der Waals surface area contributed by atoms with Crippen LogP contribution < -0.4 is 9.64 Å². The third-order valence-corrected chi connectivity index (χ3v) is 6.56. The number of anilines is 1. The van der Waals surface area contributed by atoms with E-state index in [0.29, 0.717) is 23.4 Å². The number of phenols is 1. The van der Waals surface area contributed by atoms with Gasteiger partial charge in [0.25, 0.3) is 0 Å². The van der Waals surface area contributed by atoms with Crippen LogP contribution in [0.5, 0.6) is 11.5 Å². The van der Waals surface area contributed by atoms with Gasteiger partial charge in [0, 0.05) is 42.9 Å². The van der Waals surface area contributed by atoms with Gasteiger partial charge in [-0.25, -0.2) is 4.39 Å². The maximum absolute atomic E-state index is 13.2. The predicted octanol–water partition coefficient (Wildman–Crippen LogP) is 5.23. The van der Waals surface area contributed by atoms with Gasteiger partial charge < -0.3 is 14.7 Å². The number of benzene rings is 3. The number of fused-ring (bicyclic) bond motifs is 1. The average molecular weight is 509 g/mol. The molecule has 3 aromatic rings. The predicted molar refractivity (Wildman–Crippen MR) is 129 cm³/mol. The Labute approximate surface area is 199 Å². The number of ketones is 1. The van der Waals surface area contributed by atoms with Crippen molar-refractivity contribution in [3.63, 3.8) is 0 Å². The number of hydrogen-bond donors (Lipinski definition) is 1. The summed E-state index contributed by atoms with van der Waals surface area (Å²) >= 11 is 3.41. The molecule has 0 aromatic heterocycles. The van der Waals surface area contributed by atoms with Gasteiger partial charge in [-0.3, -0.25) is 9.69 Å². The fourth-order valence-corrected chi connectivity index (χ4v) is 4.46. The Hall–Kier alpha value is -3.16. The molecule has 1 saturated heterocycles. The number of halogens is 2. The lowest BCUT2D eigenvalue weighted by Crippen LogP contribution is -2.46. The molecule has 0 spiro atoms. The molecule has 168 valence electrons. The Morgan fingerprint density at radius 1 is 0.970 bits per heavy atom. The van der Waals surface area contributed by atoms with Crippen molar-refractivity contribution in [1.82, 2.24) is 4.90 Å². The summed E-state index contributed by atoms with van der Waals surface area (Å²) in [6, 6.07) is 17.3. The van der Waals surface area contributed by atoms with Crippen molar-refractivity contribution >= 4 is 33.5 Å². The fourth-order valence-electron chi connectivity index (χ4n) is 4.20. The number of Topliss-reactive ketones (excluding diaryl/α,β-unsaturated/α-hetero) is 1. The molecule has 1 fully saturated rings. The standard InChI is InChI=1S/C26H22BrFN2O3/c27-18-3-1-17(2-4-18)15-24-25(32)21-9-10-23(31)22(26(21)33-24)16-29-11-13-30(14-12-29)20-7-5-19(28)6-8-20/h1-10,15,31H,11-14,16H2/b24-15-. The van der Waals surface area contributed by atoms with Gasteiger partial charge >= 0.3 is 0 Å². The summed E-state index contributed by atoms with van der Waals surface area (Å²) in [7, 11) is 0. The number of hydrogen-bond acceptors (Lipinski definition) is 5. The zero-order valence-corrected chi connectivity index (χ0v) is 19.4. The maximum Gasteiger partial charge on any atom is 0.231 e. The molecular weight excluding hydrogens is 487 g/mol. The van der Waals surface area contributed by atoms with Crippen LogP contribution in [0.2, 0.25) is 0 Å². The molecule has 3 aromatic carbocycles. The molecule has 0 aliphatic carbocycles. The van der Waals surface area contributed by atoms with Gasteiger partial charge in [0.1, 0.15) is 17.3 Å². The van der Waals surface area contributed by atoms with Crippen LogP contribution in [0.25, 0.3) is 6.08 Å². The van der Waals surface area contributed by atoms with Crippen molar-refractivity contribution in [2.45, 2.75) is 6.54 Å². The smallest absolute Gasteiger partial charge is 0.231 e. The second-order valence-corrected chi connectivity index (χ2v) is 9.09. The van der Waals surface area contributed by atoms with Crippen molar-refractivity contribution in [3.05, 3.63) is 93.4 Å². The maximum atomic E-state index is 13.2. The first-order chi connectivity index (χ1) is 16.0. The molecule has 2 aliphatic heterocycles. The van der Waals surface area contributed by atoms with Crippen LogP contribution in [0, 0.1) is 5.82 Å². The molecular formula is C26H22BrFN2O3. The Morgan fingerprint density at radius 2 is 1.67 bits per heavy atom. The summed E-state index contributed by atoms with van der Waals surface area (Å²) in [6.07, 6.45) is 1.72. The third-order valence-electron chi connectivity index (χ3n) is 6.03. The zero-order chi connectivity index (χ0) is 22.9. The third kappa shape index (κ3) is 4.51. The topological polar surface area (TPSA) is 53.0 Å². The van der Waals surface area contributed by atoms with E-state index in [1.54, 1.807) is 30.3 Å². The normalized spacial score (nSPS) is 17.3. The number of carbonyl (C=O) groups is 1. The number of carbonyl (C=O) groups excluding carboxylic acids is 1. The van der Waals surface area contributed by atoms with Gasteiger partial charge in [-0.1, -0.05) is 28.1 Å². The van der Waals surface area contributed by atoms with E-state index in [1.165, 1.54) is 12.1 Å². The molecule has 0 bridgehead atoms. The Balaban J connectivity index is 1.32. The van der Waals surface area contributed by atoms with E-state index in [4.69, 9.17) is 4.74 Å². The molecule has 0 amide bonds. The summed E-state index contributed by atoms with van der Waals surface area (Å²) in [4.78, 5) is 17.4. The lowest BCUT2D eigenvalue weighted by atomic mass is 10.0. The molecule has 2 heterocycles. The largest absolute Gasteiger partial charge is 0.507 e. The highest BCUT2D eigenvalue weighted by Gasteiger charge is 2.32. The van der Waals surface area contributed by atoms with Gasteiger partial charge in [0.15, 0.2) is 5.76 Å². The van der Waals surface area contributed by atoms with E-state index in [-0.39, 0.29) is 23.1 Å². The second kappa shape index (κ2) is 9.00. The van der Waals surface area contributed by atoms with Gasteiger partial charge in [0.05, 0.1) is 11.1 Å². The number of ether oxygens (including phenoxy) is 1. The molecule has 0 unspecified atom stereocenters. The minimum absolute atomic E-state index is 0.118. The first kappa shape index (κ1) is 21.7. The molecule has 0 radical (unpaired) electrons. The molecule has 33 heavy (non-hydrogen) atoms. The van der Waals surface area contributed by atoms with E-state index in [0.717, 1.165) is 41.9 Å². The van der Waals surface area contributed by atoms with Crippen LogP contribution >= 0.6 is 15.9 Å². The SMILES string of the molecule is O=C1/C(=C/c2ccc(Br)cc2)Oc2c1ccc(O)c2CN1CCN(c2ccc(F)cc2)CC1. The monoisotopic (exact) mass is 508 g/mol. The van der Waals surface area contributed by atoms with Crippen molar-refractivity contribution in [1.29, 1.82) is 0 Å². The number of rotatable bonds is 4. The minimum Gasteiger partial charge on any atom is -0.507 e. The van der Waals surface area contributed by atoms with Gasteiger partial charge in [-0.2, -0.15) is 0 Å². The highest BCUT2D eigenvalue weighted by Crippen LogP contribution is 2.40. The Bertz CT molecular complexity index is 1220. The fraction of sp³-hybridized carbons (Fsp3) is 0.192. The summed E-state index contributed by atoms with van der Waals surface area (Å²) in [6.45, 7) is 3.60. The highest BCUT2D eigenvalue weighted by atomic mass is 79.9. The van der Waals surface area contributed by atoms with E-state index < -0.39 is 0 Å². The number of piperazine rings is 1. The van der Waals surface area contributed by atoms with Crippen molar-refractivity contribution < 1.29 is 19.0 Å². The molecule has 7 heteroatoms. The van der Waals surface area contributed by atoms with Gasteiger partial charge in [-0.15, -0.1) is 0 Å². The first-order valence-electron chi connectivity index (χ1n) is 10.8. The van der Waals surface area contributed by atoms with E-state index in [9.17, 15) is 14.3 Å². The minimum atomic E-state index is -0.242. The quantitative estimate of drug-likeness (QED) is 0.489. The Kier molecular flexibility index (Phi) is 5.91. The average Bonchev–Trinajstić information content (AvgIpc) is 3.14. The van der Waals surface area contributed by atoms with Crippen molar-refractivity contribution in [3.8, 4) is 11.5 Å². The van der Waals surface area contributed by atoms with Crippen molar-refractivity contribution in [2.24, 2.45) is 0 Å². The molecule has 1 N–H and O–H groups in total. The number of aromatic hydroxyl groups is 1. The zero-order valence-electron chi connectivity index (χ0n) is 17.8. The van der Waals surface area contributed by atoms with Crippen LogP contribution in [0.4, 0.5) is 10.1 Å². The number of nitrogens with zero attached hydrogens (tertiary/aromatic N) is 2. The molecule has 0 saturated carbocycles. The number of allylic oxidation sites excluding steroid dienone is 1. The van der Waals surface area contributed by atoms with Crippen LogP contribution in [0.3, 0.4) is 0 Å². The summed E-state index contributed by atoms with van der Waals surface area (Å²) < 4.78 is 20.1. The van der Waals surface area contributed by atoms with Gasteiger partial charge in [-0.05, 0) is 60.2 Å². The first-order valence-corrected chi connectivity index (χ1v) is 11.5. The lowest BCUT2D eigenvalue weighted by Gasteiger charge is -2.36. The molecule has 5 nitrogen and oxygen atoms in total. The molecule has 5 rings (SSSR count). The van der Waals surface area contributed by atoms with E-state index >= 15 is 0 Å². The highest BCUT2D eigenvalue weighted by molar-refractivity contribution is 9.10. The van der Waals surface area contributed by atoms with E-state index in [1.807, 2.05) is 24.3 Å². The Morgan fingerprint density at radius 3 is 2.36 bits per heavy atom. The number of phenolic OH excluding ortho intramolecular Hbond substituents is 1. The van der Waals surface area contributed by atoms with E-state index in [2.05, 4.69) is 25.7 Å². The summed E-state index contributed by atoms with van der Waals surface area (Å²) in [5.74, 6) is 0.376.